The minimum Gasteiger partial charge on any atom is -0.481 e. The van der Waals surface area contributed by atoms with Crippen LogP contribution in [0, 0.1) is 0 Å². The van der Waals surface area contributed by atoms with Crippen molar-refractivity contribution in [3.8, 4) is 5.88 Å². The molecule has 0 spiro atoms. The van der Waals surface area contributed by atoms with Gasteiger partial charge in [0.2, 0.25) is 5.88 Å². The molecule has 1 unspecified atom stereocenters. The highest BCUT2D eigenvalue weighted by molar-refractivity contribution is 5.97. The Hall–Kier alpha value is -2.86. The second kappa shape index (κ2) is 7.28. The van der Waals surface area contributed by atoms with Crippen LogP contribution in [0.15, 0.2) is 48.5 Å². The van der Waals surface area contributed by atoms with E-state index < -0.39 is 0 Å². The van der Waals surface area contributed by atoms with E-state index in [1.54, 1.807) is 19.2 Å². The number of H-pyrrole nitrogens is 1. The number of aromatic amines is 1. The zero-order valence-electron chi connectivity index (χ0n) is 16.5. The fourth-order valence-corrected chi connectivity index (χ4v) is 3.98. The lowest BCUT2D eigenvalue weighted by molar-refractivity contribution is 0.0933. The molecule has 28 heavy (non-hydrogen) atoms. The summed E-state index contributed by atoms with van der Waals surface area (Å²) in [5.41, 5.74) is 3.39. The average Bonchev–Trinajstić information content (AvgIpc) is 3.22. The first-order chi connectivity index (χ1) is 13.4. The van der Waals surface area contributed by atoms with Gasteiger partial charge in [-0.3, -0.25) is 9.69 Å². The Kier molecular flexibility index (Phi) is 4.81. The lowest BCUT2D eigenvalue weighted by Crippen LogP contribution is -2.38. The number of carbonyl (C=O) groups excluding carboxylic acids is 1. The maximum Gasteiger partial charge on any atom is 0.268 e. The highest BCUT2D eigenvalue weighted by atomic mass is 16.5. The van der Waals surface area contributed by atoms with E-state index in [9.17, 15) is 4.79 Å². The first-order valence-corrected chi connectivity index (χ1v) is 9.58. The smallest absolute Gasteiger partial charge is 0.268 e. The molecule has 0 saturated carbocycles. The Morgan fingerprint density at radius 2 is 2.07 bits per heavy atom. The van der Waals surface area contributed by atoms with Gasteiger partial charge in [-0.2, -0.15) is 0 Å². The zero-order valence-corrected chi connectivity index (χ0v) is 16.5. The number of methoxy groups -OCH3 is 1. The van der Waals surface area contributed by atoms with Gasteiger partial charge in [-0.15, -0.1) is 0 Å². The number of carbonyl (C=O) groups is 1. The van der Waals surface area contributed by atoms with Gasteiger partial charge in [0.1, 0.15) is 5.69 Å². The fourth-order valence-electron chi connectivity index (χ4n) is 3.98. The van der Waals surface area contributed by atoms with E-state index in [-0.39, 0.29) is 17.5 Å². The number of nitrogens with zero attached hydrogens (tertiary/aromatic N) is 2. The van der Waals surface area contributed by atoms with Crippen LogP contribution in [0.5, 0.6) is 5.88 Å². The third kappa shape index (κ3) is 3.73. The Morgan fingerprint density at radius 1 is 1.29 bits per heavy atom. The summed E-state index contributed by atoms with van der Waals surface area (Å²) in [6.45, 7) is 6.19. The molecule has 2 aromatic heterocycles. The molecule has 1 amide bonds. The number of nitrogens with one attached hydrogen (secondary N) is 2. The number of rotatable bonds is 5. The molecule has 2 N–H and O–H groups in total. The monoisotopic (exact) mass is 378 g/mol. The maximum absolute atomic E-state index is 12.8. The number of hydrogen-bond acceptors (Lipinski definition) is 4. The third-order valence-electron chi connectivity index (χ3n) is 5.50. The molecule has 1 saturated heterocycles. The molecule has 0 bridgehead atoms. The van der Waals surface area contributed by atoms with Crippen molar-refractivity contribution in [2.45, 2.75) is 38.4 Å². The molecule has 3 heterocycles. The Balaban J connectivity index is 1.44. The minimum absolute atomic E-state index is 0.0309. The number of pyridine rings is 1. The lowest BCUT2D eigenvalue weighted by Gasteiger charge is -2.31. The molecule has 1 atom stereocenters. The molecule has 146 valence electrons. The molecule has 4 rings (SSSR count). The van der Waals surface area contributed by atoms with Crippen LogP contribution in [0.2, 0.25) is 0 Å². The van der Waals surface area contributed by atoms with Crippen molar-refractivity contribution in [2.75, 3.05) is 13.7 Å². The number of ether oxygens (including phenoxy) is 1. The normalized spacial score (nSPS) is 19.0. The largest absolute Gasteiger partial charge is 0.481 e. The molecule has 1 fully saturated rings. The second-order valence-corrected chi connectivity index (χ2v) is 8.02. The Labute approximate surface area is 164 Å². The van der Waals surface area contributed by atoms with Crippen LogP contribution >= 0.6 is 0 Å². The predicted octanol–water partition coefficient (Wildman–Crippen LogP) is 3.35. The van der Waals surface area contributed by atoms with Crippen molar-refractivity contribution in [3.63, 3.8) is 0 Å². The lowest BCUT2D eigenvalue weighted by atomic mass is 9.99. The zero-order chi connectivity index (χ0) is 19.7. The number of benzene rings is 1. The van der Waals surface area contributed by atoms with Gasteiger partial charge in [0, 0.05) is 30.7 Å². The quantitative estimate of drug-likeness (QED) is 0.714. The third-order valence-corrected chi connectivity index (χ3v) is 5.50. The molecule has 6 heteroatoms. The van der Waals surface area contributed by atoms with Crippen molar-refractivity contribution in [3.05, 3.63) is 59.8 Å². The van der Waals surface area contributed by atoms with E-state index in [1.807, 2.05) is 12.1 Å². The number of aromatic nitrogens is 2. The second-order valence-electron chi connectivity index (χ2n) is 8.02. The average molecular weight is 378 g/mol. The van der Waals surface area contributed by atoms with Crippen LogP contribution in [0.3, 0.4) is 0 Å². The molecule has 0 radical (unpaired) electrons. The van der Waals surface area contributed by atoms with Gasteiger partial charge in [-0.05, 0) is 38.0 Å². The van der Waals surface area contributed by atoms with Crippen molar-refractivity contribution in [1.29, 1.82) is 0 Å². The predicted molar refractivity (Wildman–Crippen MR) is 109 cm³/mol. The van der Waals surface area contributed by atoms with E-state index >= 15 is 0 Å². The summed E-state index contributed by atoms with van der Waals surface area (Å²) in [5, 5.41) is 3.19. The van der Waals surface area contributed by atoms with E-state index in [2.05, 4.69) is 58.3 Å². The van der Waals surface area contributed by atoms with Crippen LogP contribution < -0.4 is 10.1 Å². The van der Waals surface area contributed by atoms with Gasteiger partial charge in [0.25, 0.3) is 5.91 Å². The molecule has 1 aromatic carbocycles. The Bertz CT molecular complexity index is 981. The molecule has 1 aliphatic heterocycles. The van der Waals surface area contributed by atoms with Crippen LogP contribution in [0.25, 0.3) is 11.0 Å². The molecule has 0 aliphatic carbocycles. The van der Waals surface area contributed by atoms with Crippen LogP contribution in [-0.4, -0.2) is 46.0 Å². The van der Waals surface area contributed by atoms with Crippen LogP contribution in [-0.2, 0) is 6.54 Å². The van der Waals surface area contributed by atoms with Gasteiger partial charge in [0.15, 0.2) is 0 Å². The number of hydrogen-bond donors (Lipinski definition) is 2. The molecule has 1 aliphatic rings. The molecular formula is C22H26N4O2. The van der Waals surface area contributed by atoms with Gasteiger partial charge in [-0.25, -0.2) is 4.98 Å². The standard InChI is InChI=1S/C22H26N4O2/c1-22(2)12-16(14-26(22)13-15-7-5-4-6-8-15)23-21(27)19-11-18-17(24-19)9-10-20(25-18)28-3/h4-11,16,24H,12-14H2,1-3H3,(H,23,27). The summed E-state index contributed by atoms with van der Waals surface area (Å²) < 4.78 is 5.15. The number of likely N-dealkylation sites (tertiary alicyclic amines) is 1. The SMILES string of the molecule is COc1ccc2[nH]c(C(=O)NC3CN(Cc4ccccc4)C(C)(C)C3)cc2n1. The first kappa shape index (κ1) is 18.5. The maximum atomic E-state index is 12.8. The minimum atomic E-state index is -0.0978. The van der Waals surface area contributed by atoms with Crippen molar-refractivity contribution < 1.29 is 9.53 Å². The molecular weight excluding hydrogens is 352 g/mol. The number of amides is 1. The van der Waals surface area contributed by atoms with Crippen LogP contribution in [0.4, 0.5) is 0 Å². The first-order valence-electron chi connectivity index (χ1n) is 9.58. The molecule has 3 aromatic rings. The van der Waals surface area contributed by atoms with E-state index in [1.165, 1.54) is 5.56 Å². The van der Waals surface area contributed by atoms with E-state index in [0.29, 0.717) is 11.6 Å². The van der Waals surface area contributed by atoms with Crippen molar-refractivity contribution >= 4 is 16.9 Å². The summed E-state index contributed by atoms with van der Waals surface area (Å²) in [7, 11) is 1.58. The van der Waals surface area contributed by atoms with Gasteiger partial charge in [0.05, 0.1) is 18.1 Å². The van der Waals surface area contributed by atoms with Crippen molar-refractivity contribution in [1.82, 2.24) is 20.2 Å². The summed E-state index contributed by atoms with van der Waals surface area (Å²) in [5.74, 6) is 0.437. The van der Waals surface area contributed by atoms with Gasteiger partial charge in [-0.1, -0.05) is 30.3 Å². The van der Waals surface area contributed by atoms with Crippen LogP contribution in [0.1, 0.15) is 36.3 Å². The highest BCUT2D eigenvalue weighted by Crippen LogP contribution is 2.30. The van der Waals surface area contributed by atoms with Gasteiger partial charge < -0.3 is 15.0 Å². The summed E-state index contributed by atoms with van der Waals surface area (Å²) >= 11 is 0. The highest BCUT2D eigenvalue weighted by Gasteiger charge is 2.38. The summed E-state index contributed by atoms with van der Waals surface area (Å²) in [6, 6.07) is 16.0. The Morgan fingerprint density at radius 3 is 2.82 bits per heavy atom. The number of fused-ring (bicyclic) bond motifs is 1. The van der Waals surface area contributed by atoms with E-state index in [4.69, 9.17) is 4.74 Å². The van der Waals surface area contributed by atoms with E-state index in [0.717, 1.165) is 30.5 Å². The topological polar surface area (TPSA) is 70.2 Å². The summed E-state index contributed by atoms with van der Waals surface area (Å²) in [6.07, 6.45) is 0.915. The molecule has 6 nitrogen and oxygen atoms in total. The fraction of sp³-hybridized carbons (Fsp3) is 0.364. The summed E-state index contributed by atoms with van der Waals surface area (Å²) in [4.78, 5) is 22.7. The van der Waals surface area contributed by atoms with Crippen molar-refractivity contribution in [2.24, 2.45) is 0 Å². The van der Waals surface area contributed by atoms with Gasteiger partial charge >= 0.3 is 0 Å².